The molecule has 27 heavy (non-hydrogen) atoms. The number of likely N-dealkylation sites (N-methyl/N-ethyl adjacent to an activating group) is 1. The highest BCUT2D eigenvalue weighted by Gasteiger charge is 2.19. The van der Waals surface area contributed by atoms with Gasteiger partial charge in [0, 0.05) is 50.9 Å². The van der Waals surface area contributed by atoms with Gasteiger partial charge in [0.05, 0.1) is 6.54 Å². The Balaban J connectivity index is 1.92. The maximum absolute atomic E-state index is 12.5. The minimum absolute atomic E-state index is 0.165. The lowest BCUT2D eigenvalue weighted by Gasteiger charge is -2.36. The van der Waals surface area contributed by atoms with Crippen LogP contribution >= 0.6 is 0 Å². The van der Waals surface area contributed by atoms with Crippen LogP contribution in [-0.4, -0.2) is 74.7 Å². The van der Waals surface area contributed by atoms with E-state index < -0.39 is 6.61 Å². The molecule has 1 unspecified atom stereocenters. The second kappa shape index (κ2) is 11.0. The number of guanidine groups is 1. The van der Waals surface area contributed by atoms with Gasteiger partial charge in [0.2, 0.25) is 0 Å². The van der Waals surface area contributed by atoms with Crippen LogP contribution in [0.1, 0.15) is 19.4 Å². The van der Waals surface area contributed by atoms with Crippen molar-refractivity contribution in [1.29, 1.82) is 0 Å². The predicted molar refractivity (Wildman–Crippen MR) is 104 cm³/mol. The second-order valence-corrected chi connectivity index (χ2v) is 6.75. The SMILES string of the molecule is CCNC(=NCc1ccccc1OC(F)F)NCC(C)N1CCN(C)CC1. The quantitative estimate of drug-likeness (QED) is 0.531. The molecule has 1 atom stereocenters. The van der Waals surface area contributed by atoms with Gasteiger partial charge >= 0.3 is 6.61 Å². The van der Waals surface area contributed by atoms with Crippen molar-refractivity contribution < 1.29 is 13.5 Å². The van der Waals surface area contributed by atoms with E-state index in [1.54, 1.807) is 18.2 Å². The molecular formula is C19H31F2N5O. The lowest BCUT2D eigenvalue weighted by molar-refractivity contribution is -0.0504. The van der Waals surface area contributed by atoms with Crippen molar-refractivity contribution >= 4 is 5.96 Å². The van der Waals surface area contributed by atoms with E-state index in [9.17, 15) is 8.78 Å². The summed E-state index contributed by atoms with van der Waals surface area (Å²) in [6, 6.07) is 7.13. The largest absolute Gasteiger partial charge is 0.434 e. The van der Waals surface area contributed by atoms with E-state index in [2.05, 4.69) is 44.1 Å². The first-order valence-corrected chi connectivity index (χ1v) is 9.47. The maximum Gasteiger partial charge on any atom is 0.387 e. The average molecular weight is 383 g/mol. The molecule has 1 fully saturated rings. The number of para-hydroxylation sites is 1. The third-order valence-corrected chi connectivity index (χ3v) is 4.67. The van der Waals surface area contributed by atoms with Crippen LogP contribution in [-0.2, 0) is 6.54 Å². The molecule has 1 aliphatic rings. The van der Waals surface area contributed by atoms with Crippen LogP contribution in [0.15, 0.2) is 29.3 Å². The van der Waals surface area contributed by atoms with Gasteiger partial charge in [0.1, 0.15) is 5.75 Å². The van der Waals surface area contributed by atoms with Gasteiger partial charge in [-0.05, 0) is 27.0 Å². The number of ether oxygens (including phenoxy) is 1. The number of nitrogens with one attached hydrogen (secondary N) is 2. The molecule has 1 aliphatic heterocycles. The Hall–Kier alpha value is -1.93. The van der Waals surface area contributed by atoms with Gasteiger partial charge in [-0.1, -0.05) is 18.2 Å². The lowest BCUT2D eigenvalue weighted by Crippen LogP contribution is -2.52. The molecule has 0 radical (unpaired) electrons. The van der Waals surface area contributed by atoms with E-state index >= 15 is 0 Å². The third-order valence-electron chi connectivity index (χ3n) is 4.67. The van der Waals surface area contributed by atoms with E-state index in [0.717, 1.165) is 39.3 Å². The fourth-order valence-electron chi connectivity index (χ4n) is 2.99. The van der Waals surface area contributed by atoms with Crippen molar-refractivity contribution in [2.24, 2.45) is 4.99 Å². The average Bonchev–Trinajstić information content (AvgIpc) is 2.65. The zero-order valence-corrected chi connectivity index (χ0v) is 16.4. The number of hydrogen-bond acceptors (Lipinski definition) is 4. The second-order valence-electron chi connectivity index (χ2n) is 6.75. The zero-order chi connectivity index (χ0) is 19.6. The summed E-state index contributed by atoms with van der Waals surface area (Å²) in [6.07, 6.45) is 0. The van der Waals surface area contributed by atoms with Gasteiger partial charge in [0.25, 0.3) is 0 Å². The molecule has 0 spiro atoms. The van der Waals surface area contributed by atoms with Crippen molar-refractivity contribution in [3.63, 3.8) is 0 Å². The Morgan fingerprint density at radius 2 is 1.89 bits per heavy atom. The first kappa shape index (κ1) is 21.4. The van der Waals surface area contributed by atoms with Crippen LogP contribution in [0.2, 0.25) is 0 Å². The Kier molecular flexibility index (Phi) is 8.74. The van der Waals surface area contributed by atoms with E-state index in [1.165, 1.54) is 6.07 Å². The fourth-order valence-corrected chi connectivity index (χ4v) is 2.99. The topological polar surface area (TPSA) is 52.1 Å². The summed E-state index contributed by atoms with van der Waals surface area (Å²) in [4.78, 5) is 9.32. The molecule has 1 saturated heterocycles. The zero-order valence-electron chi connectivity index (χ0n) is 16.4. The van der Waals surface area contributed by atoms with Gasteiger partial charge < -0.3 is 20.3 Å². The van der Waals surface area contributed by atoms with Crippen molar-refractivity contribution in [3.8, 4) is 5.75 Å². The normalized spacial score (nSPS) is 17.8. The Bertz CT molecular complexity index is 591. The summed E-state index contributed by atoms with van der Waals surface area (Å²) in [5.74, 6) is 0.836. The molecule has 0 amide bonds. The van der Waals surface area contributed by atoms with Gasteiger partial charge in [0.15, 0.2) is 5.96 Å². The van der Waals surface area contributed by atoms with Crippen LogP contribution < -0.4 is 15.4 Å². The van der Waals surface area contributed by atoms with Crippen LogP contribution in [0.3, 0.4) is 0 Å². The number of benzene rings is 1. The van der Waals surface area contributed by atoms with Crippen LogP contribution in [0, 0.1) is 0 Å². The molecule has 1 heterocycles. The third kappa shape index (κ3) is 7.30. The summed E-state index contributed by atoms with van der Waals surface area (Å²) in [7, 11) is 2.14. The minimum atomic E-state index is -2.84. The summed E-state index contributed by atoms with van der Waals surface area (Å²) in [5.41, 5.74) is 0.627. The molecule has 6 nitrogen and oxygen atoms in total. The summed E-state index contributed by atoms with van der Waals surface area (Å²) < 4.78 is 29.7. The van der Waals surface area contributed by atoms with E-state index in [4.69, 9.17) is 0 Å². The molecule has 1 aromatic carbocycles. The van der Waals surface area contributed by atoms with Gasteiger partial charge in [-0.15, -0.1) is 0 Å². The number of alkyl halides is 2. The minimum Gasteiger partial charge on any atom is -0.434 e. The first-order valence-electron chi connectivity index (χ1n) is 9.47. The lowest BCUT2D eigenvalue weighted by atomic mass is 10.2. The Morgan fingerprint density at radius 3 is 2.56 bits per heavy atom. The summed E-state index contributed by atoms with van der Waals surface area (Å²) in [6.45, 7) is 7.40. The van der Waals surface area contributed by atoms with Gasteiger partial charge in [-0.25, -0.2) is 4.99 Å². The monoisotopic (exact) mass is 383 g/mol. The van der Waals surface area contributed by atoms with Gasteiger partial charge in [-0.2, -0.15) is 8.78 Å². The molecule has 2 rings (SSSR count). The molecule has 152 valence electrons. The summed E-state index contributed by atoms with van der Waals surface area (Å²) >= 11 is 0. The first-order chi connectivity index (χ1) is 13.0. The number of halogens is 2. The van der Waals surface area contributed by atoms with E-state index in [0.29, 0.717) is 17.6 Å². The van der Waals surface area contributed by atoms with Crippen molar-refractivity contribution in [3.05, 3.63) is 29.8 Å². The Morgan fingerprint density at radius 1 is 1.19 bits per heavy atom. The molecule has 1 aromatic rings. The molecular weight excluding hydrogens is 352 g/mol. The van der Waals surface area contributed by atoms with Crippen molar-refractivity contribution in [1.82, 2.24) is 20.4 Å². The molecule has 0 bridgehead atoms. The fraction of sp³-hybridized carbons (Fsp3) is 0.632. The number of hydrogen-bond donors (Lipinski definition) is 2. The molecule has 2 N–H and O–H groups in total. The highest BCUT2D eigenvalue weighted by molar-refractivity contribution is 5.79. The predicted octanol–water partition coefficient (Wildman–Crippen LogP) is 1.98. The van der Waals surface area contributed by atoms with Crippen LogP contribution in [0.25, 0.3) is 0 Å². The molecule has 0 saturated carbocycles. The van der Waals surface area contributed by atoms with E-state index in [-0.39, 0.29) is 12.3 Å². The Labute approximate surface area is 160 Å². The summed E-state index contributed by atoms with van der Waals surface area (Å²) in [5, 5.41) is 6.56. The van der Waals surface area contributed by atoms with Gasteiger partial charge in [-0.3, -0.25) is 4.90 Å². The van der Waals surface area contributed by atoms with Crippen LogP contribution in [0.4, 0.5) is 8.78 Å². The molecule has 0 aliphatic carbocycles. The highest BCUT2D eigenvalue weighted by Crippen LogP contribution is 2.20. The smallest absolute Gasteiger partial charge is 0.387 e. The van der Waals surface area contributed by atoms with Crippen molar-refractivity contribution in [2.45, 2.75) is 33.0 Å². The van der Waals surface area contributed by atoms with E-state index in [1.807, 2.05) is 6.92 Å². The number of nitrogens with zero attached hydrogens (tertiary/aromatic N) is 3. The molecule has 8 heteroatoms. The van der Waals surface area contributed by atoms with Crippen molar-refractivity contribution in [2.75, 3.05) is 46.3 Å². The molecule has 0 aromatic heterocycles. The maximum atomic E-state index is 12.5. The number of rotatable bonds is 8. The standard InChI is InChI=1S/C19H31F2N5O/c1-4-22-19(23-13-15(2)26-11-9-25(3)10-12-26)24-14-16-7-5-6-8-17(16)27-18(20)21/h5-8,15,18H,4,9-14H2,1-3H3,(H2,22,23,24). The number of aliphatic imine (C=N–C) groups is 1. The van der Waals surface area contributed by atoms with Crippen LogP contribution in [0.5, 0.6) is 5.75 Å². The highest BCUT2D eigenvalue weighted by atomic mass is 19.3. The number of piperazine rings is 1.